The van der Waals surface area contributed by atoms with Crippen molar-refractivity contribution in [3.8, 4) is 5.75 Å². The summed E-state index contributed by atoms with van der Waals surface area (Å²) in [5, 5.41) is 0.0262. The number of sulfonamides is 1. The first-order valence-corrected chi connectivity index (χ1v) is 9.90. The van der Waals surface area contributed by atoms with Crippen LogP contribution in [0.25, 0.3) is 0 Å². The fourth-order valence-electron chi connectivity index (χ4n) is 2.81. The van der Waals surface area contributed by atoms with Crippen molar-refractivity contribution >= 4 is 38.9 Å². The maximum Gasteiger partial charge on any atom is 0.263 e. The number of amides is 1. The standard InChI is InChI=1S/C18H19ClN2O4S/c1-11-5-4-6-15(12(11)2)20-26(23,24)18-10-17-16(9-14(18)19)21(13(3)22)7-8-25-17/h4-6,9-10,20H,7-8H2,1-3H3. The normalized spacial score (nSPS) is 13.8. The number of rotatable bonds is 3. The number of fused-ring (bicyclic) bond motifs is 1. The monoisotopic (exact) mass is 394 g/mol. The van der Waals surface area contributed by atoms with Crippen LogP contribution >= 0.6 is 11.6 Å². The van der Waals surface area contributed by atoms with Crippen molar-refractivity contribution < 1.29 is 17.9 Å². The SMILES string of the molecule is CC(=O)N1CCOc2cc(S(=O)(=O)Nc3cccc(C)c3C)c(Cl)cc21. The molecule has 0 unspecified atom stereocenters. The van der Waals surface area contributed by atoms with Gasteiger partial charge in [-0.05, 0) is 37.1 Å². The van der Waals surface area contributed by atoms with Gasteiger partial charge in [0, 0.05) is 13.0 Å². The summed E-state index contributed by atoms with van der Waals surface area (Å²) < 4.78 is 33.8. The molecule has 0 spiro atoms. The lowest BCUT2D eigenvalue weighted by Gasteiger charge is -2.29. The number of halogens is 1. The lowest BCUT2D eigenvalue weighted by molar-refractivity contribution is -0.116. The zero-order chi connectivity index (χ0) is 19.1. The van der Waals surface area contributed by atoms with E-state index in [0.29, 0.717) is 23.7 Å². The van der Waals surface area contributed by atoms with Crippen LogP contribution in [0.2, 0.25) is 5.02 Å². The van der Waals surface area contributed by atoms with E-state index < -0.39 is 10.0 Å². The summed E-state index contributed by atoms with van der Waals surface area (Å²) in [5.74, 6) is 0.159. The smallest absolute Gasteiger partial charge is 0.263 e. The zero-order valence-corrected chi connectivity index (χ0v) is 16.2. The number of carbonyl (C=O) groups excluding carboxylic acids is 1. The van der Waals surface area contributed by atoms with Crippen molar-refractivity contribution in [1.82, 2.24) is 0 Å². The van der Waals surface area contributed by atoms with Gasteiger partial charge in [0.25, 0.3) is 10.0 Å². The molecule has 0 bridgehead atoms. The van der Waals surface area contributed by atoms with Crippen LogP contribution in [0.1, 0.15) is 18.1 Å². The first-order chi connectivity index (χ1) is 12.2. The number of nitrogens with zero attached hydrogens (tertiary/aromatic N) is 1. The van der Waals surface area contributed by atoms with Gasteiger partial charge in [0.15, 0.2) is 0 Å². The predicted molar refractivity (Wildman–Crippen MR) is 102 cm³/mol. The number of ether oxygens (including phenoxy) is 1. The highest BCUT2D eigenvalue weighted by Gasteiger charge is 2.27. The number of hydrogen-bond donors (Lipinski definition) is 1. The molecule has 0 aliphatic carbocycles. The minimum atomic E-state index is -3.92. The Bertz CT molecular complexity index is 989. The van der Waals surface area contributed by atoms with Gasteiger partial charge in [-0.1, -0.05) is 23.7 Å². The maximum atomic E-state index is 12.9. The minimum absolute atomic E-state index is 0.0262. The Morgan fingerprint density at radius 1 is 1.27 bits per heavy atom. The highest BCUT2D eigenvalue weighted by atomic mass is 35.5. The number of benzene rings is 2. The Morgan fingerprint density at radius 3 is 2.69 bits per heavy atom. The number of hydrogen-bond acceptors (Lipinski definition) is 4. The summed E-state index contributed by atoms with van der Waals surface area (Å²) in [4.78, 5) is 13.2. The lowest BCUT2D eigenvalue weighted by Crippen LogP contribution is -2.36. The van der Waals surface area contributed by atoms with E-state index >= 15 is 0 Å². The Balaban J connectivity index is 2.03. The summed E-state index contributed by atoms with van der Waals surface area (Å²) in [6.45, 7) is 5.87. The van der Waals surface area contributed by atoms with Gasteiger partial charge in [0.1, 0.15) is 17.3 Å². The Morgan fingerprint density at radius 2 is 2.00 bits per heavy atom. The molecule has 2 aromatic rings. The van der Waals surface area contributed by atoms with Crippen molar-refractivity contribution in [3.05, 3.63) is 46.5 Å². The number of nitrogens with one attached hydrogen (secondary N) is 1. The average molecular weight is 395 g/mol. The van der Waals surface area contributed by atoms with Crippen LogP contribution in [-0.2, 0) is 14.8 Å². The maximum absolute atomic E-state index is 12.9. The first-order valence-electron chi connectivity index (χ1n) is 8.04. The van der Waals surface area contributed by atoms with E-state index in [1.165, 1.54) is 24.0 Å². The number of carbonyl (C=O) groups is 1. The third-order valence-corrected chi connectivity index (χ3v) is 6.23. The van der Waals surface area contributed by atoms with E-state index in [9.17, 15) is 13.2 Å². The molecule has 1 heterocycles. The summed E-state index contributed by atoms with van der Waals surface area (Å²) in [7, 11) is -3.92. The van der Waals surface area contributed by atoms with Crippen LogP contribution in [0.5, 0.6) is 5.75 Å². The molecule has 0 radical (unpaired) electrons. The molecule has 0 saturated heterocycles. The van der Waals surface area contributed by atoms with E-state index in [1.807, 2.05) is 19.9 Å². The second kappa shape index (κ2) is 6.81. The lowest BCUT2D eigenvalue weighted by atomic mass is 10.1. The molecule has 1 amide bonds. The van der Waals surface area contributed by atoms with E-state index in [2.05, 4.69) is 4.72 Å². The molecule has 0 saturated carbocycles. The van der Waals surface area contributed by atoms with Gasteiger partial charge in [0.05, 0.1) is 22.9 Å². The highest BCUT2D eigenvalue weighted by Crippen LogP contribution is 2.39. The van der Waals surface area contributed by atoms with Gasteiger partial charge >= 0.3 is 0 Å². The van der Waals surface area contributed by atoms with Crippen LogP contribution < -0.4 is 14.4 Å². The zero-order valence-electron chi connectivity index (χ0n) is 14.7. The molecular formula is C18H19ClN2O4S. The van der Waals surface area contributed by atoms with Crippen LogP contribution in [0.3, 0.4) is 0 Å². The Hall–Kier alpha value is -2.25. The van der Waals surface area contributed by atoms with Gasteiger partial charge in [0.2, 0.25) is 5.91 Å². The van der Waals surface area contributed by atoms with Gasteiger partial charge in [-0.3, -0.25) is 9.52 Å². The van der Waals surface area contributed by atoms with Gasteiger partial charge in [-0.25, -0.2) is 8.42 Å². The molecular weight excluding hydrogens is 376 g/mol. The van der Waals surface area contributed by atoms with E-state index in [-0.39, 0.29) is 22.4 Å². The van der Waals surface area contributed by atoms with E-state index in [0.717, 1.165) is 11.1 Å². The molecule has 3 rings (SSSR count). The molecule has 138 valence electrons. The van der Waals surface area contributed by atoms with Gasteiger partial charge < -0.3 is 9.64 Å². The van der Waals surface area contributed by atoms with Crippen molar-refractivity contribution in [2.45, 2.75) is 25.7 Å². The second-order valence-electron chi connectivity index (χ2n) is 6.12. The number of anilines is 2. The van der Waals surface area contributed by atoms with E-state index in [1.54, 1.807) is 12.1 Å². The molecule has 0 aromatic heterocycles. The Labute approximate surface area is 157 Å². The van der Waals surface area contributed by atoms with Crippen molar-refractivity contribution in [2.75, 3.05) is 22.8 Å². The fourth-order valence-corrected chi connectivity index (χ4v) is 4.47. The van der Waals surface area contributed by atoms with Crippen LogP contribution in [-0.4, -0.2) is 27.5 Å². The molecule has 8 heteroatoms. The summed E-state index contributed by atoms with van der Waals surface area (Å²) in [6.07, 6.45) is 0. The van der Waals surface area contributed by atoms with Crippen molar-refractivity contribution in [1.29, 1.82) is 0 Å². The molecule has 2 aromatic carbocycles. The van der Waals surface area contributed by atoms with Crippen LogP contribution in [0.15, 0.2) is 35.2 Å². The molecule has 0 atom stereocenters. The molecule has 1 N–H and O–H groups in total. The minimum Gasteiger partial charge on any atom is -0.489 e. The molecule has 1 aliphatic rings. The summed E-state index contributed by atoms with van der Waals surface area (Å²) >= 11 is 6.24. The van der Waals surface area contributed by atoms with Crippen LogP contribution in [0.4, 0.5) is 11.4 Å². The van der Waals surface area contributed by atoms with Gasteiger partial charge in [-0.2, -0.15) is 0 Å². The molecule has 26 heavy (non-hydrogen) atoms. The molecule has 0 fully saturated rings. The number of aryl methyl sites for hydroxylation is 1. The van der Waals surface area contributed by atoms with Crippen LogP contribution in [0, 0.1) is 13.8 Å². The fraction of sp³-hybridized carbons (Fsp3) is 0.278. The second-order valence-corrected chi connectivity index (χ2v) is 8.18. The van der Waals surface area contributed by atoms with E-state index in [4.69, 9.17) is 16.3 Å². The van der Waals surface area contributed by atoms with Crippen molar-refractivity contribution in [2.24, 2.45) is 0 Å². The first kappa shape index (κ1) is 18.5. The van der Waals surface area contributed by atoms with Gasteiger partial charge in [-0.15, -0.1) is 0 Å². The third kappa shape index (κ3) is 3.37. The quantitative estimate of drug-likeness (QED) is 0.864. The Kier molecular flexibility index (Phi) is 4.86. The summed E-state index contributed by atoms with van der Waals surface area (Å²) in [6, 6.07) is 8.20. The van der Waals surface area contributed by atoms with Crippen molar-refractivity contribution in [3.63, 3.8) is 0 Å². The predicted octanol–water partition coefficient (Wildman–Crippen LogP) is 3.50. The average Bonchev–Trinajstić information content (AvgIpc) is 2.57. The summed E-state index contributed by atoms with van der Waals surface area (Å²) in [5.41, 5.74) is 2.77. The third-order valence-electron chi connectivity index (χ3n) is 4.40. The molecule has 6 nitrogen and oxygen atoms in total. The largest absolute Gasteiger partial charge is 0.489 e. The highest BCUT2D eigenvalue weighted by molar-refractivity contribution is 7.92. The molecule has 1 aliphatic heterocycles. The topological polar surface area (TPSA) is 75.7 Å².